The number of nitrogens with zero attached hydrogens (tertiary/aromatic N) is 1. The molecule has 0 bridgehead atoms. The highest BCUT2D eigenvalue weighted by Crippen LogP contribution is 2.68. The fourth-order valence-electron chi connectivity index (χ4n) is 6.94. The smallest absolute Gasteiger partial charge is 0.335 e. The van der Waals surface area contributed by atoms with Crippen LogP contribution in [0.25, 0.3) is 0 Å². The fraction of sp³-hybridized carbons (Fsp3) is 0.571. The van der Waals surface area contributed by atoms with Crippen LogP contribution in [0, 0.1) is 5.41 Å². The lowest BCUT2D eigenvalue weighted by Crippen LogP contribution is -2.68. The van der Waals surface area contributed by atoms with Crippen molar-refractivity contribution in [2.24, 2.45) is 5.41 Å². The second-order valence-corrected chi connectivity index (χ2v) is 8.64. The molecule has 1 aromatic carbocycles. The summed E-state index contributed by atoms with van der Waals surface area (Å²) in [5, 5.41) is 15.1. The van der Waals surface area contributed by atoms with E-state index in [1.54, 1.807) is 0 Å². The van der Waals surface area contributed by atoms with Gasteiger partial charge in [-0.15, -0.1) is 0 Å². The standard InChI is InChI=1S/C21H24N2O4/c1-26-17(24)13-12-19-8-11-27-21(19,25)7-10-23-9-6-20(18(19)23)14-4-2-3-5-15(14)22-16(13)20/h2-5,18,22,25H,6-12H2,1H3/t18-,19-,20-,21-/m0/s1. The predicted octanol–water partition coefficient (Wildman–Crippen LogP) is 1.75. The molecule has 1 aromatic rings. The van der Waals surface area contributed by atoms with Gasteiger partial charge in [-0.25, -0.2) is 4.79 Å². The number of benzene rings is 1. The lowest BCUT2D eigenvalue weighted by Gasteiger charge is -2.58. The number of carbonyl (C=O) groups excluding carboxylic acids is 1. The number of carbonyl (C=O) groups is 1. The molecule has 4 heterocycles. The van der Waals surface area contributed by atoms with Crippen molar-refractivity contribution >= 4 is 11.7 Å². The quantitative estimate of drug-likeness (QED) is 0.736. The lowest BCUT2D eigenvalue weighted by molar-refractivity contribution is -0.269. The third kappa shape index (κ3) is 1.63. The van der Waals surface area contributed by atoms with Crippen molar-refractivity contribution in [3.8, 4) is 0 Å². The summed E-state index contributed by atoms with van der Waals surface area (Å²) in [5.41, 5.74) is 3.20. The Morgan fingerprint density at radius 1 is 1.30 bits per heavy atom. The number of ether oxygens (including phenoxy) is 2. The minimum Gasteiger partial charge on any atom is -0.466 e. The van der Waals surface area contributed by atoms with Gasteiger partial charge >= 0.3 is 5.97 Å². The first kappa shape index (κ1) is 16.1. The number of methoxy groups -OCH3 is 1. The first-order valence-electron chi connectivity index (χ1n) is 9.85. The molecule has 5 aliphatic rings. The molecular formula is C21H24N2O4. The SMILES string of the molecule is COC(=O)C1=C2Nc3ccccc3[C@@]23CCN2CC[C@]4(O)OCC[C@]4(C1)[C@H]23. The highest BCUT2D eigenvalue weighted by molar-refractivity contribution is 5.93. The zero-order chi connectivity index (χ0) is 18.4. The van der Waals surface area contributed by atoms with Crippen molar-refractivity contribution in [3.05, 3.63) is 41.1 Å². The lowest BCUT2D eigenvalue weighted by atomic mass is 9.52. The Balaban J connectivity index is 1.68. The summed E-state index contributed by atoms with van der Waals surface area (Å²) in [6.45, 7) is 2.33. The van der Waals surface area contributed by atoms with Gasteiger partial charge in [-0.05, 0) is 37.4 Å². The summed E-state index contributed by atoms with van der Waals surface area (Å²) < 4.78 is 11.1. The molecule has 4 atom stereocenters. The number of hydrogen-bond acceptors (Lipinski definition) is 6. The zero-order valence-electron chi connectivity index (χ0n) is 15.5. The van der Waals surface area contributed by atoms with Crippen molar-refractivity contribution < 1.29 is 19.4 Å². The number of aliphatic hydroxyl groups is 1. The van der Waals surface area contributed by atoms with E-state index in [1.807, 2.05) is 6.07 Å². The van der Waals surface area contributed by atoms with E-state index >= 15 is 0 Å². The average Bonchev–Trinajstić information content (AvgIpc) is 3.33. The van der Waals surface area contributed by atoms with Gasteiger partial charge in [0, 0.05) is 35.8 Å². The molecule has 6 heteroatoms. The Labute approximate surface area is 158 Å². The number of hydrogen-bond donors (Lipinski definition) is 2. The number of anilines is 1. The van der Waals surface area contributed by atoms with Gasteiger partial charge < -0.3 is 19.9 Å². The van der Waals surface area contributed by atoms with Gasteiger partial charge in [0.15, 0.2) is 5.79 Å². The first-order valence-corrected chi connectivity index (χ1v) is 9.85. The van der Waals surface area contributed by atoms with Crippen molar-refractivity contribution in [1.82, 2.24) is 4.90 Å². The molecule has 3 saturated heterocycles. The maximum Gasteiger partial charge on any atom is 0.335 e. The molecule has 6 nitrogen and oxygen atoms in total. The van der Waals surface area contributed by atoms with Crippen LogP contribution >= 0.6 is 0 Å². The molecule has 0 saturated carbocycles. The third-order valence-electron chi connectivity index (χ3n) is 7.89. The predicted molar refractivity (Wildman–Crippen MR) is 97.9 cm³/mol. The molecule has 27 heavy (non-hydrogen) atoms. The van der Waals surface area contributed by atoms with E-state index in [2.05, 4.69) is 28.4 Å². The summed E-state index contributed by atoms with van der Waals surface area (Å²) in [7, 11) is 1.44. The molecule has 2 N–H and O–H groups in total. The summed E-state index contributed by atoms with van der Waals surface area (Å²) in [5.74, 6) is -1.47. The Bertz CT molecular complexity index is 898. The van der Waals surface area contributed by atoms with Crippen molar-refractivity contribution in [2.75, 3.05) is 32.1 Å². The number of piperidine rings is 1. The van der Waals surface area contributed by atoms with E-state index in [-0.39, 0.29) is 17.4 Å². The first-order chi connectivity index (χ1) is 13.1. The molecular weight excluding hydrogens is 344 g/mol. The molecule has 0 amide bonds. The molecule has 0 aromatic heterocycles. The monoisotopic (exact) mass is 368 g/mol. The Kier molecular flexibility index (Phi) is 2.94. The van der Waals surface area contributed by atoms with Crippen LogP contribution in [0.3, 0.4) is 0 Å². The average molecular weight is 368 g/mol. The normalized spacial score (nSPS) is 41.5. The highest BCUT2D eigenvalue weighted by atomic mass is 16.6. The van der Waals surface area contributed by atoms with E-state index < -0.39 is 11.2 Å². The maximum absolute atomic E-state index is 12.8. The van der Waals surface area contributed by atoms with Crippen molar-refractivity contribution in [2.45, 2.75) is 42.9 Å². The highest BCUT2D eigenvalue weighted by Gasteiger charge is 2.74. The van der Waals surface area contributed by atoms with Gasteiger partial charge in [-0.1, -0.05) is 18.2 Å². The van der Waals surface area contributed by atoms with E-state index in [1.165, 1.54) is 12.7 Å². The summed E-state index contributed by atoms with van der Waals surface area (Å²) in [6, 6.07) is 8.48. The number of nitrogens with one attached hydrogen (secondary N) is 1. The molecule has 0 radical (unpaired) electrons. The van der Waals surface area contributed by atoms with Crippen LogP contribution in [0.5, 0.6) is 0 Å². The van der Waals surface area contributed by atoms with Crippen LogP contribution in [-0.2, 0) is 19.7 Å². The molecule has 4 aliphatic heterocycles. The van der Waals surface area contributed by atoms with E-state index in [9.17, 15) is 9.90 Å². The number of esters is 1. The van der Waals surface area contributed by atoms with Crippen molar-refractivity contribution in [1.29, 1.82) is 0 Å². The fourth-order valence-corrected chi connectivity index (χ4v) is 6.94. The van der Waals surface area contributed by atoms with Crippen LogP contribution in [0.4, 0.5) is 5.69 Å². The van der Waals surface area contributed by atoms with E-state index in [0.29, 0.717) is 25.0 Å². The Morgan fingerprint density at radius 2 is 2.11 bits per heavy atom. The molecule has 2 spiro atoms. The minimum absolute atomic E-state index is 0.130. The second-order valence-electron chi connectivity index (χ2n) is 8.64. The summed E-state index contributed by atoms with van der Waals surface area (Å²) in [4.78, 5) is 15.4. The third-order valence-corrected chi connectivity index (χ3v) is 7.89. The van der Waals surface area contributed by atoms with Crippen LogP contribution < -0.4 is 5.32 Å². The molecule has 6 rings (SSSR count). The van der Waals surface area contributed by atoms with E-state index in [4.69, 9.17) is 9.47 Å². The Morgan fingerprint density at radius 3 is 2.96 bits per heavy atom. The van der Waals surface area contributed by atoms with Crippen LogP contribution in [0.2, 0.25) is 0 Å². The maximum atomic E-state index is 12.8. The van der Waals surface area contributed by atoms with Gasteiger partial charge in [0.25, 0.3) is 0 Å². The number of fused-ring (bicyclic) bond motifs is 1. The molecule has 0 unspecified atom stereocenters. The van der Waals surface area contributed by atoms with Gasteiger partial charge in [-0.2, -0.15) is 0 Å². The van der Waals surface area contributed by atoms with E-state index in [0.717, 1.165) is 37.3 Å². The second kappa shape index (κ2) is 4.93. The van der Waals surface area contributed by atoms with Gasteiger partial charge in [0.2, 0.25) is 0 Å². The molecule has 142 valence electrons. The van der Waals surface area contributed by atoms with Gasteiger partial charge in [-0.3, -0.25) is 4.90 Å². The van der Waals surface area contributed by atoms with Crippen LogP contribution in [0.1, 0.15) is 31.2 Å². The zero-order valence-corrected chi connectivity index (χ0v) is 15.5. The van der Waals surface area contributed by atoms with Crippen LogP contribution in [-0.4, -0.2) is 54.6 Å². The largest absolute Gasteiger partial charge is 0.466 e. The number of rotatable bonds is 1. The summed E-state index contributed by atoms with van der Waals surface area (Å²) >= 11 is 0. The van der Waals surface area contributed by atoms with Crippen molar-refractivity contribution in [3.63, 3.8) is 0 Å². The van der Waals surface area contributed by atoms with Gasteiger partial charge in [0.05, 0.1) is 24.7 Å². The van der Waals surface area contributed by atoms with Gasteiger partial charge in [0.1, 0.15) is 0 Å². The molecule has 3 fully saturated rings. The summed E-state index contributed by atoms with van der Waals surface area (Å²) in [6.07, 6.45) is 2.80. The topological polar surface area (TPSA) is 71.0 Å². The number of para-hydroxylation sites is 1. The molecule has 1 aliphatic carbocycles. The van der Waals surface area contributed by atoms with Crippen LogP contribution in [0.15, 0.2) is 35.5 Å². The minimum atomic E-state index is -1.17. The Hall–Kier alpha value is -1.89.